The molecule has 0 aromatic rings. The molecule has 0 spiro atoms. The molecular weight excluding hydrogens is 236 g/mol. The van der Waals surface area contributed by atoms with Gasteiger partial charge < -0.3 is 15.3 Å². The van der Waals surface area contributed by atoms with Crippen molar-refractivity contribution in [2.75, 3.05) is 33.2 Å². The van der Waals surface area contributed by atoms with E-state index in [-0.39, 0.29) is 6.10 Å². The smallest absolute Gasteiger partial charge is 0.0546 e. The first-order chi connectivity index (χ1) is 8.84. The van der Waals surface area contributed by atoms with Crippen molar-refractivity contribution in [3.05, 3.63) is 0 Å². The van der Waals surface area contributed by atoms with Crippen LogP contribution in [-0.2, 0) is 0 Å². The van der Waals surface area contributed by atoms with E-state index in [0.717, 1.165) is 44.9 Å². The van der Waals surface area contributed by atoms with E-state index in [0.29, 0.717) is 11.3 Å². The zero-order chi connectivity index (χ0) is 14.5. The lowest BCUT2D eigenvalue weighted by Crippen LogP contribution is -2.44. The molecule has 1 aliphatic carbocycles. The molecule has 3 heteroatoms. The lowest BCUT2D eigenvalue weighted by molar-refractivity contribution is 0.0223. The number of aliphatic hydroxyl groups excluding tert-OH is 1. The Morgan fingerprint density at radius 1 is 1.37 bits per heavy atom. The molecular formula is C16H34N2O. The molecule has 0 saturated heterocycles. The SMILES string of the molecule is CCC(C)(CNCC(C)C)CN(C)CC1CC(O)C1. The van der Waals surface area contributed by atoms with Gasteiger partial charge in [-0.15, -0.1) is 0 Å². The zero-order valence-electron chi connectivity index (χ0n) is 13.6. The third kappa shape index (κ3) is 6.24. The second-order valence-electron chi connectivity index (χ2n) is 7.38. The second kappa shape index (κ2) is 7.61. The summed E-state index contributed by atoms with van der Waals surface area (Å²) in [5.74, 6) is 1.43. The highest BCUT2D eigenvalue weighted by molar-refractivity contribution is 4.84. The summed E-state index contributed by atoms with van der Waals surface area (Å²) in [4.78, 5) is 2.46. The minimum atomic E-state index is -0.0244. The van der Waals surface area contributed by atoms with Gasteiger partial charge in [0.05, 0.1) is 6.10 Å². The van der Waals surface area contributed by atoms with E-state index in [1.165, 1.54) is 6.42 Å². The summed E-state index contributed by atoms with van der Waals surface area (Å²) in [5.41, 5.74) is 0.353. The number of nitrogens with zero attached hydrogens (tertiary/aromatic N) is 1. The first-order valence-corrected chi connectivity index (χ1v) is 7.92. The zero-order valence-corrected chi connectivity index (χ0v) is 13.6. The highest BCUT2D eigenvalue weighted by Crippen LogP contribution is 2.29. The fraction of sp³-hybridized carbons (Fsp3) is 1.00. The third-order valence-electron chi connectivity index (χ3n) is 4.39. The Labute approximate surface area is 119 Å². The predicted octanol–water partition coefficient (Wildman–Crippen LogP) is 2.35. The maximum atomic E-state index is 9.35. The van der Waals surface area contributed by atoms with Crippen LogP contribution < -0.4 is 5.32 Å². The molecule has 114 valence electrons. The lowest BCUT2D eigenvalue weighted by atomic mass is 9.81. The first kappa shape index (κ1) is 16.9. The summed E-state index contributed by atoms with van der Waals surface area (Å²) in [7, 11) is 2.22. The summed E-state index contributed by atoms with van der Waals surface area (Å²) in [6, 6.07) is 0. The Balaban J connectivity index is 2.28. The van der Waals surface area contributed by atoms with Crippen molar-refractivity contribution in [3.8, 4) is 0 Å². The van der Waals surface area contributed by atoms with Gasteiger partial charge in [-0.1, -0.05) is 27.7 Å². The normalized spacial score (nSPS) is 26.5. The molecule has 0 amide bonds. The molecule has 0 aromatic heterocycles. The average molecular weight is 270 g/mol. The van der Waals surface area contributed by atoms with E-state index in [2.05, 4.69) is 45.0 Å². The van der Waals surface area contributed by atoms with Gasteiger partial charge in [-0.2, -0.15) is 0 Å². The van der Waals surface area contributed by atoms with Crippen LogP contribution in [0.25, 0.3) is 0 Å². The van der Waals surface area contributed by atoms with Gasteiger partial charge in [0.15, 0.2) is 0 Å². The minimum absolute atomic E-state index is 0.0244. The van der Waals surface area contributed by atoms with Crippen LogP contribution in [0.5, 0.6) is 0 Å². The molecule has 0 bridgehead atoms. The van der Waals surface area contributed by atoms with Crippen LogP contribution in [-0.4, -0.2) is 49.3 Å². The summed E-state index contributed by atoms with van der Waals surface area (Å²) in [6.45, 7) is 13.7. The van der Waals surface area contributed by atoms with Gasteiger partial charge in [0.2, 0.25) is 0 Å². The van der Waals surface area contributed by atoms with E-state index in [1.54, 1.807) is 0 Å². The molecule has 1 rings (SSSR count). The maximum Gasteiger partial charge on any atom is 0.0546 e. The predicted molar refractivity (Wildman–Crippen MR) is 82.3 cm³/mol. The molecule has 1 fully saturated rings. The average Bonchev–Trinajstić information content (AvgIpc) is 2.26. The van der Waals surface area contributed by atoms with Gasteiger partial charge in [0, 0.05) is 19.6 Å². The van der Waals surface area contributed by atoms with E-state index >= 15 is 0 Å². The van der Waals surface area contributed by atoms with Crippen LogP contribution in [0.2, 0.25) is 0 Å². The van der Waals surface area contributed by atoms with Gasteiger partial charge in [-0.3, -0.25) is 0 Å². The highest BCUT2D eigenvalue weighted by Gasteiger charge is 2.30. The molecule has 0 heterocycles. The highest BCUT2D eigenvalue weighted by atomic mass is 16.3. The van der Waals surface area contributed by atoms with Crippen molar-refractivity contribution in [2.45, 2.75) is 53.1 Å². The van der Waals surface area contributed by atoms with Gasteiger partial charge in [0.25, 0.3) is 0 Å². The van der Waals surface area contributed by atoms with Crippen LogP contribution in [0.1, 0.15) is 47.0 Å². The van der Waals surface area contributed by atoms with Crippen LogP contribution in [0.3, 0.4) is 0 Å². The fourth-order valence-corrected chi connectivity index (χ4v) is 2.96. The maximum absolute atomic E-state index is 9.35. The first-order valence-electron chi connectivity index (χ1n) is 7.92. The number of nitrogens with one attached hydrogen (secondary N) is 1. The molecule has 0 aromatic carbocycles. The Bertz CT molecular complexity index is 251. The number of hydrogen-bond acceptors (Lipinski definition) is 3. The largest absolute Gasteiger partial charge is 0.393 e. The molecule has 1 unspecified atom stereocenters. The lowest BCUT2D eigenvalue weighted by Gasteiger charge is -2.38. The van der Waals surface area contributed by atoms with E-state index < -0.39 is 0 Å². The molecule has 2 N–H and O–H groups in total. The third-order valence-corrected chi connectivity index (χ3v) is 4.39. The fourth-order valence-electron chi connectivity index (χ4n) is 2.96. The molecule has 1 saturated carbocycles. The molecule has 0 radical (unpaired) electrons. The number of aliphatic hydroxyl groups is 1. The summed E-state index contributed by atoms with van der Waals surface area (Å²) < 4.78 is 0. The van der Waals surface area contributed by atoms with Crippen molar-refractivity contribution in [1.29, 1.82) is 0 Å². The van der Waals surface area contributed by atoms with Gasteiger partial charge in [-0.05, 0) is 50.1 Å². The van der Waals surface area contributed by atoms with Crippen molar-refractivity contribution in [1.82, 2.24) is 10.2 Å². The molecule has 0 aliphatic heterocycles. The molecule has 19 heavy (non-hydrogen) atoms. The van der Waals surface area contributed by atoms with Crippen LogP contribution >= 0.6 is 0 Å². The Kier molecular flexibility index (Phi) is 6.78. The van der Waals surface area contributed by atoms with Gasteiger partial charge in [-0.25, -0.2) is 0 Å². The molecule has 3 nitrogen and oxygen atoms in total. The Morgan fingerprint density at radius 3 is 2.47 bits per heavy atom. The van der Waals surface area contributed by atoms with Crippen molar-refractivity contribution >= 4 is 0 Å². The minimum Gasteiger partial charge on any atom is -0.393 e. The number of hydrogen-bond donors (Lipinski definition) is 2. The van der Waals surface area contributed by atoms with E-state index in [1.807, 2.05) is 0 Å². The van der Waals surface area contributed by atoms with Gasteiger partial charge in [0.1, 0.15) is 0 Å². The molecule has 1 atom stereocenters. The van der Waals surface area contributed by atoms with Crippen LogP contribution in [0.15, 0.2) is 0 Å². The Hall–Kier alpha value is -0.120. The quantitative estimate of drug-likeness (QED) is 0.675. The summed E-state index contributed by atoms with van der Waals surface area (Å²) in [6.07, 6.45) is 3.18. The van der Waals surface area contributed by atoms with Crippen LogP contribution in [0, 0.1) is 17.3 Å². The van der Waals surface area contributed by atoms with Crippen LogP contribution in [0.4, 0.5) is 0 Å². The van der Waals surface area contributed by atoms with Crippen molar-refractivity contribution < 1.29 is 5.11 Å². The second-order valence-corrected chi connectivity index (χ2v) is 7.38. The summed E-state index contributed by atoms with van der Waals surface area (Å²) in [5, 5.41) is 13.0. The topological polar surface area (TPSA) is 35.5 Å². The number of rotatable bonds is 9. The van der Waals surface area contributed by atoms with E-state index in [4.69, 9.17) is 0 Å². The standard InChI is InChI=1S/C16H34N2O/c1-6-16(4,11-17-9-13(2)3)12-18(5)10-14-7-15(19)8-14/h13-15,17,19H,6-12H2,1-5H3. The van der Waals surface area contributed by atoms with Crippen molar-refractivity contribution in [2.24, 2.45) is 17.3 Å². The van der Waals surface area contributed by atoms with Gasteiger partial charge >= 0.3 is 0 Å². The molecule has 1 aliphatic rings. The summed E-state index contributed by atoms with van der Waals surface area (Å²) >= 11 is 0. The monoisotopic (exact) mass is 270 g/mol. The Morgan fingerprint density at radius 2 is 2.00 bits per heavy atom. The van der Waals surface area contributed by atoms with E-state index in [9.17, 15) is 5.11 Å². The van der Waals surface area contributed by atoms with Crippen molar-refractivity contribution in [3.63, 3.8) is 0 Å².